The second-order valence-electron chi connectivity index (χ2n) is 10.8. The van der Waals surface area contributed by atoms with Crippen LogP contribution in [0.15, 0.2) is 0 Å². The summed E-state index contributed by atoms with van der Waals surface area (Å²) in [4.78, 5) is 27.4. The number of amides is 1. The zero-order valence-electron chi connectivity index (χ0n) is 22.0. The maximum Gasteiger partial charge on any atom is 0.391 e. The van der Waals surface area contributed by atoms with Crippen LogP contribution in [0, 0.1) is 11.8 Å². The summed E-state index contributed by atoms with van der Waals surface area (Å²) in [6.45, 7) is 4.08. The number of alkyl halides is 4. The second kappa shape index (κ2) is 14.3. The number of Topliss-reactive ketones (excluding diaryl/α,β-unsaturated/α-hetero) is 1. The number of ether oxygens (including phenoxy) is 1. The zero-order valence-corrected chi connectivity index (χ0v) is 23.5. The van der Waals surface area contributed by atoms with Gasteiger partial charge in [0, 0.05) is 0 Å². The number of nitrogens with zero attached hydrogens (tertiary/aromatic N) is 1. The summed E-state index contributed by atoms with van der Waals surface area (Å²) < 4.78 is 44.3. The number of rotatable bonds is 9. The summed E-state index contributed by atoms with van der Waals surface area (Å²) in [7, 11) is 0. The quantitative estimate of drug-likeness (QED) is 0.304. The van der Waals surface area contributed by atoms with Gasteiger partial charge in [-0.05, 0) is 90.2 Å². The van der Waals surface area contributed by atoms with E-state index < -0.39 is 59.1 Å². The first-order chi connectivity index (χ1) is 17.9. The number of thioether (sulfide) groups is 1. The number of carbonyl (C=O) groups excluding carboxylic acids is 2. The fourth-order valence-electron chi connectivity index (χ4n) is 5.68. The first-order valence-electron chi connectivity index (χ1n) is 13.5. The van der Waals surface area contributed by atoms with Gasteiger partial charge in [0.2, 0.25) is 11.7 Å². The van der Waals surface area contributed by atoms with E-state index in [0.717, 1.165) is 44.0 Å². The van der Waals surface area contributed by atoms with Crippen LogP contribution in [0.25, 0.3) is 0 Å². The van der Waals surface area contributed by atoms with E-state index in [2.05, 4.69) is 15.5 Å². The van der Waals surface area contributed by atoms with E-state index >= 15 is 0 Å². The van der Waals surface area contributed by atoms with Crippen molar-refractivity contribution in [3.8, 4) is 0 Å². The number of hydrogen-bond donors (Lipinski definition) is 4. The van der Waals surface area contributed by atoms with Crippen molar-refractivity contribution in [1.29, 1.82) is 0 Å². The first-order valence-corrected chi connectivity index (χ1v) is 15.2. The van der Waals surface area contributed by atoms with Gasteiger partial charge < -0.3 is 30.5 Å². The normalized spacial score (nSPS) is 33.9. The van der Waals surface area contributed by atoms with Gasteiger partial charge in [-0.2, -0.15) is 13.2 Å². The number of halogens is 4. The molecule has 3 fully saturated rings. The van der Waals surface area contributed by atoms with Crippen LogP contribution in [0.3, 0.4) is 0 Å². The Kier molecular flexibility index (Phi) is 12.0. The summed E-state index contributed by atoms with van der Waals surface area (Å²) in [6, 6.07) is -1.28. The third kappa shape index (κ3) is 8.44. The second-order valence-corrected chi connectivity index (χ2v) is 12.3. The fraction of sp³-hybridized carbons (Fsp3) is 0.920. The maximum atomic E-state index is 13.1. The average molecular weight is 588 g/mol. The SMILES string of the molecule is CSC1OC(C(NC(=O)C2CC[C@H](CCCN3CCC(C(F)(F)F)CC3)CCN2)C(C)Cl)C(O)C(O)C1=O. The summed E-state index contributed by atoms with van der Waals surface area (Å²) in [5.41, 5.74) is -0.957. The molecule has 3 rings (SSSR count). The van der Waals surface area contributed by atoms with Crippen LogP contribution >= 0.6 is 23.4 Å². The molecule has 8 nitrogen and oxygen atoms in total. The summed E-state index contributed by atoms with van der Waals surface area (Å²) in [5.74, 6) is -1.65. The van der Waals surface area contributed by atoms with Crippen molar-refractivity contribution in [3.63, 3.8) is 0 Å². The highest BCUT2D eigenvalue weighted by Gasteiger charge is 2.48. The van der Waals surface area contributed by atoms with Crippen LogP contribution in [0.2, 0.25) is 0 Å². The molecule has 8 atom stereocenters. The number of ketones is 1. The number of nitrogens with one attached hydrogen (secondary N) is 2. The molecule has 0 spiro atoms. The van der Waals surface area contributed by atoms with E-state index in [9.17, 15) is 33.0 Å². The lowest BCUT2D eigenvalue weighted by molar-refractivity contribution is -0.185. The van der Waals surface area contributed by atoms with Crippen molar-refractivity contribution in [3.05, 3.63) is 0 Å². The fourth-order valence-corrected chi connectivity index (χ4v) is 6.50. The molecule has 0 saturated carbocycles. The molecule has 38 heavy (non-hydrogen) atoms. The predicted octanol–water partition coefficient (Wildman–Crippen LogP) is 2.29. The summed E-state index contributed by atoms with van der Waals surface area (Å²) >= 11 is 7.45. The van der Waals surface area contributed by atoms with Crippen LogP contribution in [0.5, 0.6) is 0 Å². The Bertz CT molecular complexity index is 784. The van der Waals surface area contributed by atoms with Gasteiger partial charge in [0.05, 0.1) is 23.4 Å². The number of hydrogen-bond acceptors (Lipinski definition) is 8. The molecule has 4 N–H and O–H groups in total. The molecule has 3 saturated heterocycles. The molecule has 0 bridgehead atoms. The standard InChI is InChI=1S/C25H41ClF3N3O5S/c1-14(26)18(22-20(34)19(33)21(35)24(37-22)38-2)31-23(36)17-6-5-15(7-10-30-17)4-3-11-32-12-8-16(9-13-32)25(27,28)29/h14-20,22,24,30,33-34H,3-13H2,1-2H3,(H,31,36)/t14?,15-,17?,18?,19?,20?,22?,24?/m0/s1. The van der Waals surface area contributed by atoms with Gasteiger partial charge in [-0.15, -0.1) is 23.4 Å². The molecule has 1 amide bonds. The lowest BCUT2D eigenvalue weighted by atomic mass is 9.92. The van der Waals surface area contributed by atoms with Crippen molar-refractivity contribution in [1.82, 2.24) is 15.5 Å². The smallest absolute Gasteiger partial charge is 0.387 e. The highest BCUT2D eigenvalue weighted by Crippen LogP contribution is 2.34. The number of aliphatic hydroxyl groups excluding tert-OH is 2. The topological polar surface area (TPSA) is 111 Å². The van der Waals surface area contributed by atoms with Crippen LogP contribution in [-0.2, 0) is 14.3 Å². The van der Waals surface area contributed by atoms with Crippen LogP contribution < -0.4 is 10.6 Å². The Hall–Kier alpha value is -0.630. The molecule has 13 heteroatoms. The van der Waals surface area contributed by atoms with Gasteiger partial charge in [0.25, 0.3) is 0 Å². The largest absolute Gasteiger partial charge is 0.391 e. The van der Waals surface area contributed by atoms with Crippen LogP contribution in [0.1, 0.15) is 51.9 Å². The molecule has 3 heterocycles. The number of aliphatic hydroxyl groups is 2. The van der Waals surface area contributed by atoms with Gasteiger partial charge in [0.15, 0.2) is 5.44 Å². The third-order valence-electron chi connectivity index (χ3n) is 8.10. The molecular formula is C25H41ClF3N3O5S. The van der Waals surface area contributed by atoms with Gasteiger partial charge in [0.1, 0.15) is 18.3 Å². The minimum atomic E-state index is -4.09. The minimum Gasteiger partial charge on any atom is -0.387 e. The lowest BCUT2D eigenvalue weighted by Crippen LogP contribution is -2.64. The van der Waals surface area contributed by atoms with E-state index in [1.807, 2.05) is 0 Å². The highest BCUT2D eigenvalue weighted by atomic mass is 35.5. The Labute approximate surface area is 231 Å². The predicted molar refractivity (Wildman–Crippen MR) is 140 cm³/mol. The van der Waals surface area contributed by atoms with E-state index in [1.54, 1.807) is 13.2 Å². The van der Waals surface area contributed by atoms with Crippen molar-refractivity contribution < 1.29 is 37.7 Å². The molecule has 0 aromatic heterocycles. The van der Waals surface area contributed by atoms with E-state index in [1.165, 1.54) is 0 Å². The number of carbonyl (C=O) groups is 2. The zero-order chi connectivity index (χ0) is 28.0. The maximum absolute atomic E-state index is 13.1. The first kappa shape index (κ1) is 31.9. The van der Waals surface area contributed by atoms with E-state index in [-0.39, 0.29) is 18.7 Å². The number of piperidine rings is 1. The van der Waals surface area contributed by atoms with Gasteiger partial charge >= 0.3 is 6.18 Å². The average Bonchev–Trinajstić information content (AvgIpc) is 3.12. The Morgan fingerprint density at radius 3 is 2.53 bits per heavy atom. The van der Waals surface area contributed by atoms with Crippen LogP contribution in [-0.4, -0.2) is 107 Å². The van der Waals surface area contributed by atoms with Crippen molar-refractivity contribution in [2.24, 2.45) is 11.8 Å². The van der Waals surface area contributed by atoms with Crippen molar-refractivity contribution in [2.45, 2.75) is 99.3 Å². The molecule has 0 aliphatic carbocycles. The Morgan fingerprint density at radius 2 is 1.92 bits per heavy atom. The lowest BCUT2D eigenvalue weighted by Gasteiger charge is -2.40. The molecule has 0 radical (unpaired) electrons. The summed E-state index contributed by atoms with van der Waals surface area (Å²) in [6.07, 6.45) is -2.03. The van der Waals surface area contributed by atoms with Crippen molar-refractivity contribution in [2.75, 3.05) is 32.4 Å². The Balaban J connectivity index is 1.45. The van der Waals surface area contributed by atoms with E-state index in [4.69, 9.17) is 16.3 Å². The molecular weight excluding hydrogens is 547 g/mol. The number of likely N-dealkylation sites (tertiary alicyclic amines) is 1. The Morgan fingerprint density at radius 1 is 1.24 bits per heavy atom. The highest BCUT2D eigenvalue weighted by molar-refractivity contribution is 7.99. The molecule has 7 unspecified atom stereocenters. The van der Waals surface area contributed by atoms with Crippen molar-refractivity contribution >= 4 is 35.1 Å². The van der Waals surface area contributed by atoms with Gasteiger partial charge in [-0.1, -0.05) is 0 Å². The van der Waals surface area contributed by atoms with Gasteiger partial charge in [-0.3, -0.25) is 9.59 Å². The molecule has 3 aliphatic rings. The van der Waals surface area contributed by atoms with Crippen LogP contribution in [0.4, 0.5) is 13.2 Å². The molecule has 0 aromatic rings. The monoisotopic (exact) mass is 587 g/mol. The molecule has 220 valence electrons. The molecule has 3 aliphatic heterocycles. The third-order valence-corrected chi connectivity index (χ3v) is 9.14. The van der Waals surface area contributed by atoms with Gasteiger partial charge in [-0.25, -0.2) is 0 Å². The molecule has 0 aromatic carbocycles. The van der Waals surface area contributed by atoms with E-state index in [0.29, 0.717) is 32.0 Å². The summed E-state index contributed by atoms with van der Waals surface area (Å²) in [5, 5.41) is 26.2. The minimum absolute atomic E-state index is 0.172.